The summed E-state index contributed by atoms with van der Waals surface area (Å²) in [6, 6.07) is 4.14. The Kier molecular flexibility index (Phi) is 5.49. The highest BCUT2D eigenvalue weighted by molar-refractivity contribution is 5.22. The van der Waals surface area contributed by atoms with Crippen LogP contribution in [0.1, 0.15) is 50.6 Å². The summed E-state index contributed by atoms with van der Waals surface area (Å²) in [6.45, 7) is 3.53. The molecule has 1 aliphatic heterocycles. The molecule has 4 heteroatoms. The lowest BCUT2D eigenvalue weighted by molar-refractivity contribution is 0.0909. The molecule has 2 atom stereocenters. The van der Waals surface area contributed by atoms with Gasteiger partial charge in [-0.3, -0.25) is 4.90 Å². The van der Waals surface area contributed by atoms with Crippen LogP contribution in [0.2, 0.25) is 0 Å². The Balaban J connectivity index is 2.24. The molecular formula is C16H24F2N2. The molecule has 112 valence electrons. The van der Waals surface area contributed by atoms with Gasteiger partial charge in [-0.15, -0.1) is 0 Å². The first-order valence-electron chi connectivity index (χ1n) is 7.57. The van der Waals surface area contributed by atoms with Crippen molar-refractivity contribution < 1.29 is 8.78 Å². The molecule has 1 heterocycles. The second kappa shape index (κ2) is 7.14. The number of benzene rings is 1. The lowest BCUT2D eigenvalue weighted by Gasteiger charge is -2.41. The van der Waals surface area contributed by atoms with Gasteiger partial charge < -0.3 is 5.73 Å². The first-order valence-corrected chi connectivity index (χ1v) is 7.57. The summed E-state index contributed by atoms with van der Waals surface area (Å²) in [5.41, 5.74) is 6.57. The van der Waals surface area contributed by atoms with Crippen LogP contribution in [0.15, 0.2) is 18.2 Å². The third-order valence-corrected chi connectivity index (χ3v) is 4.19. The van der Waals surface area contributed by atoms with E-state index >= 15 is 0 Å². The summed E-state index contributed by atoms with van der Waals surface area (Å²) in [5, 5.41) is 0. The summed E-state index contributed by atoms with van der Waals surface area (Å²) in [6.07, 6.45) is 5.76. The van der Waals surface area contributed by atoms with Crippen molar-refractivity contribution in [3.8, 4) is 0 Å². The molecule has 1 aromatic carbocycles. The Bertz CT molecular complexity index is 414. The van der Waals surface area contributed by atoms with Crippen molar-refractivity contribution in [1.82, 2.24) is 4.90 Å². The molecule has 2 unspecified atom stereocenters. The van der Waals surface area contributed by atoms with E-state index in [9.17, 15) is 8.78 Å². The molecular weight excluding hydrogens is 258 g/mol. The third kappa shape index (κ3) is 3.55. The molecule has 20 heavy (non-hydrogen) atoms. The highest BCUT2D eigenvalue weighted by Gasteiger charge is 2.28. The zero-order valence-corrected chi connectivity index (χ0v) is 12.1. The van der Waals surface area contributed by atoms with Crippen molar-refractivity contribution in [2.75, 3.05) is 13.1 Å². The van der Waals surface area contributed by atoms with E-state index in [0.29, 0.717) is 18.2 Å². The number of piperidine rings is 1. The van der Waals surface area contributed by atoms with Gasteiger partial charge in [-0.1, -0.05) is 19.8 Å². The molecule has 0 saturated carbocycles. The molecule has 1 fully saturated rings. The maximum absolute atomic E-state index is 13.4. The minimum absolute atomic E-state index is 0.0861. The van der Waals surface area contributed by atoms with Crippen LogP contribution in [0.4, 0.5) is 8.78 Å². The second-order valence-electron chi connectivity index (χ2n) is 5.63. The van der Waals surface area contributed by atoms with Gasteiger partial charge in [0.1, 0.15) is 11.6 Å². The van der Waals surface area contributed by atoms with E-state index in [-0.39, 0.29) is 6.04 Å². The van der Waals surface area contributed by atoms with Crippen LogP contribution in [0.25, 0.3) is 0 Å². The van der Waals surface area contributed by atoms with E-state index < -0.39 is 11.6 Å². The smallest absolute Gasteiger partial charge is 0.126 e. The third-order valence-electron chi connectivity index (χ3n) is 4.19. The molecule has 2 nitrogen and oxygen atoms in total. The Hall–Kier alpha value is -1.00. The Morgan fingerprint density at radius 3 is 2.55 bits per heavy atom. The van der Waals surface area contributed by atoms with Crippen molar-refractivity contribution in [1.29, 1.82) is 0 Å². The van der Waals surface area contributed by atoms with E-state index in [2.05, 4.69) is 11.8 Å². The van der Waals surface area contributed by atoms with Gasteiger partial charge in [0.05, 0.1) is 0 Å². The van der Waals surface area contributed by atoms with E-state index in [0.717, 1.165) is 38.3 Å². The van der Waals surface area contributed by atoms with Gasteiger partial charge in [-0.25, -0.2) is 8.78 Å². The van der Waals surface area contributed by atoms with E-state index in [4.69, 9.17) is 5.73 Å². The molecule has 2 rings (SSSR count). The molecule has 0 aromatic heterocycles. The van der Waals surface area contributed by atoms with Gasteiger partial charge in [0, 0.05) is 24.7 Å². The number of nitrogens with zero attached hydrogens (tertiary/aromatic N) is 1. The predicted octanol–water partition coefficient (Wildman–Crippen LogP) is 3.62. The van der Waals surface area contributed by atoms with Crippen molar-refractivity contribution in [3.05, 3.63) is 35.4 Å². The highest BCUT2D eigenvalue weighted by atomic mass is 19.1. The van der Waals surface area contributed by atoms with Crippen LogP contribution in [-0.4, -0.2) is 24.0 Å². The number of hydrogen-bond acceptors (Lipinski definition) is 2. The fourth-order valence-electron chi connectivity index (χ4n) is 3.31. The van der Waals surface area contributed by atoms with Gasteiger partial charge in [0.15, 0.2) is 0 Å². The van der Waals surface area contributed by atoms with Crippen molar-refractivity contribution in [2.24, 2.45) is 5.73 Å². The monoisotopic (exact) mass is 282 g/mol. The average Bonchev–Trinajstić information content (AvgIpc) is 2.41. The van der Waals surface area contributed by atoms with E-state index in [1.807, 2.05) is 0 Å². The number of rotatable bonds is 5. The summed E-state index contributed by atoms with van der Waals surface area (Å²) in [7, 11) is 0. The van der Waals surface area contributed by atoms with Gasteiger partial charge in [-0.2, -0.15) is 0 Å². The Morgan fingerprint density at radius 2 is 1.95 bits per heavy atom. The molecule has 0 radical (unpaired) electrons. The maximum atomic E-state index is 13.4. The molecule has 1 aromatic rings. The molecule has 1 saturated heterocycles. The summed E-state index contributed by atoms with van der Waals surface area (Å²) < 4.78 is 26.9. The van der Waals surface area contributed by atoms with E-state index in [1.54, 1.807) is 0 Å². The first kappa shape index (κ1) is 15.4. The summed E-state index contributed by atoms with van der Waals surface area (Å²) in [5.74, 6) is -1.05. The molecule has 0 spiro atoms. The minimum atomic E-state index is -0.525. The maximum Gasteiger partial charge on any atom is 0.126 e. The van der Waals surface area contributed by atoms with Gasteiger partial charge in [0.25, 0.3) is 0 Å². The van der Waals surface area contributed by atoms with Crippen molar-refractivity contribution in [2.45, 2.75) is 51.1 Å². The number of nitrogens with two attached hydrogens (primary N) is 1. The van der Waals surface area contributed by atoms with E-state index in [1.165, 1.54) is 18.6 Å². The number of likely N-dealkylation sites (tertiary alicyclic amines) is 1. The fraction of sp³-hybridized carbons (Fsp3) is 0.625. The first-order chi connectivity index (χ1) is 9.65. The normalized spacial score (nSPS) is 21.9. The van der Waals surface area contributed by atoms with Gasteiger partial charge >= 0.3 is 0 Å². The largest absolute Gasteiger partial charge is 0.329 e. The molecule has 0 amide bonds. The molecule has 0 bridgehead atoms. The van der Waals surface area contributed by atoms with Gasteiger partial charge in [-0.05, 0) is 43.5 Å². The quantitative estimate of drug-likeness (QED) is 0.893. The summed E-state index contributed by atoms with van der Waals surface area (Å²) >= 11 is 0. The van der Waals surface area contributed by atoms with Crippen LogP contribution in [0.5, 0.6) is 0 Å². The average molecular weight is 282 g/mol. The van der Waals surface area contributed by atoms with Crippen LogP contribution < -0.4 is 5.73 Å². The summed E-state index contributed by atoms with van der Waals surface area (Å²) in [4.78, 5) is 2.35. The van der Waals surface area contributed by atoms with Crippen LogP contribution in [0.3, 0.4) is 0 Å². The number of halogens is 2. The topological polar surface area (TPSA) is 29.3 Å². The molecule has 2 N–H and O–H groups in total. The lowest BCUT2D eigenvalue weighted by atomic mass is 9.93. The highest BCUT2D eigenvalue weighted by Crippen LogP contribution is 2.30. The molecule has 1 aliphatic rings. The Morgan fingerprint density at radius 1 is 1.25 bits per heavy atom. The van der Waals surface area contributed by atoms with Crippen LogP contribution in [0, 0.1) is 11.6 Å². The molecule has 0 aliphatic carbocycles. The van der Waals surface area contributed by atoms with Gasteiger partial charge in [0.2, 0.25) is 0 Å². The lowest BCUT2D eigenvalue weighted by Crippen LogP contribution is -2.44. The van der Waals surface area contributed by atoms with Crippen molar-refractivity contribution >= 4 is 0 Å². The van der Waals surface area contributed by atoms with Crippen molar-refractivity contribution in [3.63, 3.8) is 0 Å². The standard InChI is InChI=1S/C16H24F2N2/c1-2-5-15-6-3-4-7-20(15)16(11-19)12-8-13(17)10-14(18)9-12/h8-10,15-16H,2-7,11,19H2,1H3. The second-order valence-corrected chi connectivity index (χ2v) is 5.63. The zero-order valence-electron chi connectivity index (χ0n) is 12.1. The zero-order chi connectivity index (χ0) is 14.5. The number of hydrogen-bond donors (Lipinski definition) is 1. The Labute approximate surface area is 120 Å². The van der Waals surface area contributed by atoms with Crippen LogP contribution in [-0.2, 0) is 0 Å². The fourth-order valence-corrected chi connectivity index (χ4v) is 3.31. The van der Waals surface area contributed by atoms with Crippen LogP contribution >= 0.6 is 0 Å². The SMILES string of the molecule is CCCC1CCCCN1C(CN)c1cc(F)cc(F)c1. The minimum Gasteiger partial charge on any atom is -0.329 e. The predicted molar refractivity (Wildman–Crippen MR) is 77.4 cm³/mol.